The van der Waals surface area contributed by atoms with Crippen LogP contribution < -0.4 is 14.8 Å². The highest BCUT2D eigenvalue weighted by atomic mass is 32.2. The van der Waals surface area contributed by atoms with Gasteiger partial charge in [-0.3, -0.25) is 19.3 Å². The van der Waals surface area contributed by atoms with Gasteiger partial charge in [0.2, 0.25) is 0 Å². The van der Waals surface area contributed by atoms with Crippen molar-refractivity contribution in [3.63, 3.8) is 0 Å². The number of rotatable bonds is 8. The van der Waals surface area contributed by atoms with Gasteiger partial charge in [0.25, 0.3) is 17.1 Å². The molecule has 1 aliphatic heterocycles. The molecule has 3 aromatic rings. The molecule has 0 spiro atoms. The molecule has 1 aliphatic rings. The first-order valence-corrected chi connectivity index (χ1v) is 11.7. The van der Waals surface area contributed by atoms with Crippen molar-refractivity contribution in [2.24, 2.45) is 0 Å². The van der Waals surface area contributed by atoms with Crippen molar-refractivity contribution in [3.8, 4) is 11.5 Å². The van der Waals surface area contributed by atoms with Gasteiger partial charge >= 0.3 is 0 Å². The van der Waals surface area contributed by atoms with Crippen LogP contribution in [-0.4, -0.2) is 35.7 Å². The van der Waals surface area contributed by atoms with Gasteiger partial charge in [0.15, 0.2) is 18.1 Å². The number of carbonyl (C=O) groups excluding carboxylic acids is 3. The molecule has 0 saturated carbocycles. The molecule has 3 aromatic carbocycles. The lowest BCUT2D eigenvalue weighted by Crippen LogP contribution is -2.27. The van der Waals surface area contributed by atoms with Gasteiger partial charge in [-0.25, -0.2) is 0 Å². The second-order valence-corrected chi connectivity index (χ2v) is 8.86. The molecule has 35 heavy (non-hydrogen) atoms. The van der Waals surface area contributed by atoms with Gasteiger partial charge in [-0.15, -0.1) is 0 Å². The number of benzene rings is 3. The number of para-hydroxylation sites is 1. The summed E-state index contributed by atoms with van der Waals surface area (Å²) in [6.07, 6.45) is 1.65. The average molecular weight is 489 g/mol. The van der Waals surface area contributed by atoms with E-state index in [9.17, 15) is 14.4 Å². The average Bonchev–Trinajstić information content (AvgIpc) is 3.12. The Morgan fingerprint density at radius 3 is 2.46 bits per heavy atom. The smallest absolute Gasteiger partial charge is 0.293 e. The van der Waals surface area contributed by atoms with E-state index in [4.69, 9.17) is 9.47 Å². The van der Waals surface area contributed by atoms with E-state index in [1.807, 2.05) is 49.4 Å². The molecule has 0 aliphatic carbocycles. The zero-order valence-electron chi connectivity index (χ0n) is 19.3. The molecule has 1 N–H and O–H groups in total. The third-order valence-electron chi connectivity index (χ3n) is 5.24. The molecule has 0 unspecified atom stereocenters. The van der Waals surface area contributed by atoms with Crippen LogP contribution in [0.4, 0.5) is 10.5 Å². The summed E-state index contributed by atoms with van der Waals surface area (Å²) in [7, 11) is 1.49. The highest BCUT2D eigenvalue weighted by Gasteiger charge is 2.35. The number of ether oxygens (including phenoxy) is 2. The monoisotopic (exact) mass is 488 g/mol. The number of carbonyl (C=O) groups is 3. The van der Waals surface area contributed by atoms with Crippen LogP contribution in [0.3, 0.4) is 0 Å². The predicted molar refractivity (Wildman–Crippen MR) is 136 cm³/mol. The van der Waals surface area contributed by atoms with Crippen LogP contribution in [0.15, 0.2) is 77.7 Å². The quantitative estimate of drug-likeness (QED) is 0.436. The predicted octanol–water partition coefficient (Wildman–Crippen LogP) is 5.26. The number of hydrogen-bond donors (Lipinski definition) is 1. The van der Waals surface area contributed by atoms with Crippen LogP contribution in [0.5, 0.6) is 11.5 Å². The summed E-state index contributed by atoms with van der Waals surface area (Å²) in [4.78, 5) is 39.0. The fourth-order valence-corrected chi connectivity index (χ4v) is 4.26. The maximum Gasteiger partial charge on any atom is 0.293 e. The summed E-state index contributed by atoms with van der Waals surface area (Å²) in [5, 5.41) is 2.44. The fraction of sp³-hybridized carbons (Fsp3) is 0.148. The summed E-state index contributed by atoms with van der Waals surface area (Å²) in [5.41, 5.74) is 3.35. The molecular formula is C27H24N2O5S. The van der Waals surface area contributed by atoms with Gasteiger partial charge in [-0.05, 0) is 60.2 Å². The molecule has 178 valence electrons. The summed E-state index contributed by atoms with van der Waals surface area (Å²) < 4.78 is 11.0. The molecule has 0 atom stereocenters. The maximum atomic E-state index is 12.9. The van der Waals surface area contributed by atoms with Crippen molar-refractivity contribution in [3.05, 3.63) is 94.4 Å². The molecule has 1 fully saturated rings. The van der Waals surface area contributed by atoms with E-state index in [0.29, 0.717) is 27.7 Å². The lowest BCUT2D eigenvalue weighted by atomic mass is 10.1. The van der Waals surface area contributed by atoms with E-state index >= 15 is 0 Å². The first kappa shape index (κ1) is 24.1. The fourth-order valence-electron chi connectivity index (χ4n) is 3.42. The van der Waals surface area contributed by atoms with Crippen molar-refractivity contribution in [1.82, 2.24) is 4.90 Å². The van der Waals surface area contributed by atoms with Crippen molar-refractivity contribution < 1.29 is 23.9 Å². The van der Waals surface area contributed by atoms with Crippen molar-refractivity contribution >= 4 is 40.6 Å². The molecule has 3 amide bonds. The number of imide groups is 1. The molecule has 8 heteroatoms. The first-order valence-electron chi connectivity index (χ1n) is 10.9. The number of methoxy groups -OCH3 is 1. The van der Waals surface area contributed by atoms with E-state index in [1.165, 1.54) is 12.0 Å². The van der Waals surface area contributed by atoms with Crippen LogP contribution >= 0.6 is 11.8 Å². The Morgan fingerprint density at radius 2 is 1.74 bits per heavy atom. The Bertz CT molecular complexity index is 1270. The Labute approximate surface area is 207 Å². The highest BCUT2D eigenvalue weighted by molar-refractivity contribution is 8.18. The van der Waals surface area contributed by atoms with Gasteiger partial charge in [0, 0.05) is 5.69 Å². The largest absolute Gasteiger partial charge is 0.493 e. The molecule has 7 nitrogen and oxygen atoms in total. The van der Waals surface area contributed by atoms with Crippen LogP contribution in [0.1, 0.15) is 16.7 Å². The highest BCUT2D eigenvalue weighted by Crippen LogP contribution is 2.35. The minimum absolute atomic E-state index is 0.192. The van der Waals surface area contributed by atoms with Crippen molar-refractivity contribution in [2.45, 2.75) is 13.5 Å². The van der Waals surface area contributed by atoms with E-state index in [-0.39, 0.29) is 30.2 Å². The van der Waals surface area contributed by atoms with Gasteiger partial charge in [0.1, 0.15) is 0 Å². The topological polar surface area (TPSA) is 84.9 Å². The summed E-state index contributed by atoms with van der Waals surface area (Å²) in [6.45, 7) is 2.02. The molecule has 1 heterocycles. The Kier molecular flexibility index (Phi) is 7.52. The van der Waals surface area contributed by atoms with Crippen LogP contribution in [0.2, 0.25) is 0 Å². The standard InChI is InChI=1S/C27H24N2O5S/c1-18-8-10-19(11-9-18)16-29-26(31)24(35-27(29)32)15-20-12-13-22(23(14-20)33-2)34-17-25(30)28-21-6-4-3-5-7-21/h3-15H,16-17H2,1-2H3,(H,28,30). The molecule has 0 radical (unpaired) electrons. The number of amides is 3. The van der Waals surface area contributed by atoms with Crippen LogP contribution in [0.25, 0.3) is 6.08 Å². The number of nitrogens with zero attached hydrogens (tertiary/aromatic N) is 1. The van der Waals surface area contributed by atoms with Crippen molar-refractivity contribution in [2.75, 3.05) is 19.0 Å². The van der Waals surface area contributed by atoms with Crippen LogP contribution in [0, 0.1) is 6.92 Å². The van der Waals surface area contributed by atoms with Crippen LogP contribution in [-0.2, 0) is 16.1 Å². The summed E-state index contributed by atoms with van der Waals surface area (Å²) in [6, 6.07) is 21.9. The van der Waals surface area contributed by atoms with Gasteiger partial charge in [0.05, 0.1) is 18.6 Å². The van der Waals surface area contributed by atoms with Gasteiger partial charge in [-0.1, -0.05) is 54.1 Å². The Balaban J connectivity index is 1.42. The van der Waals surface area contributed by atoms with E-state index in [2.05, 4.69) is 5.32 Å². The van der Waals surface area contributed by atoms with E-state index < -0.39 is 0 Å². The number of nitrogens with one attached hydrogen (secondary N) is 1. The lowest BCUT2D eigenvalue weighted by molar-refractivity contribution is -0.123. The minimum Gasteiger partial charge on any atom is -0.493 e. The van der Waals surface area contributed by atoms with E-state index in [0.717, 1.165) is 22.9 Å². The lowest BCUT2D eigenvalue weighted by Gasteiger charge is -2.13. The zero-order valence-corrected chi connectivity index (χ0v) is 20.1. The zero-order chi connectivity index (χ0) is 24.8. The van der Waals surface area contributed by atoms with Gasteiger partial charge < -0.3 is 14.8 Å². The molecule has 1 saturated heterocycles. The van der Waals surface area contributed by atoms with Crippen molar-refractivity contribution in [1.29, 1.82) is 0 Å². The molecule has 0 bridgehead atoms. The third kappa shape index (κ3) is 6.10. The third-order valence-corrected chi connectivity index (χ3v) is 6.14. The first-order chi connectivity index (χ1) is 16.9. The minimum atomic E-state index is -0.336. The molecule has 0 aromatic heterocycles. The van der Waals surface area contributed by atoms with Gasteiger partial charge in [-0.2, -0.15) is 0 Å². The maximum absolute atomic E-state index is 12.9. The number of hydrogen-bond acceptors (Lipinski definition) is 6. The van der Waals surface area contributed by atoms with E-state index in [1.54, 1.807) is 36.4 Å². The number of thioether (sulfide) groups is 1. The summed E-state index contributed by atoms with van der Waals surface area (Å²) >= 11 is 0.905. The normalized spacial score (nSPS) is 14.3. The molecule has 4 rings (SSSR count). The number of anilines is 1. The Hall–Kier alpha value is -4.04. The summed E-state index contributed by atoms with van der Waals surface area (Å²) in [5.74, 6) is 0.160. The Morgan fingerprint density at radius 1 is 1.00 bits per heavy atom. The molecular weight excluding hydrogens is 464 g/mol. The SMILES string of the molecule is COc1cc(C=C2SC(=O)N(Cc3ccc(C)cc3)C2=O)ccc1OCC(=O)Nc1ccccc1. The second-order valence-electron chi connectivity index (χ2n) is 7.87. The number of aryl methyl sites for hydroxylation is 1. The second kappa shape index (κ2) is 10.9.